The van der Waals surface area contributed by atoms with Gasteiger partial charge in [0.15, 0.2) is 0 Å². The van der Waals surface area contributed by atoms with Gasteiger partial charge in [-0.25, -0.2) is 0 Å². The van der Waals surface area contributed by atoms with Crippen molar-refractivity contribution in [2.75, 3.05) is 37.9 Å². The second-order valence-corrected chi connectivity index (χ2v) is 8.77. The van der Waals surface area contributed by atoms with Crippen molar-refractivity contribution in [1.29, 1.82) is 0 Å². The molecule has 2 aliphatic carbocycles. The number of hydrogen-bond donors (Lipinski definition) is 0. The second kappa shape index (κ2) is 8.05. The summed E-state index contributed by atoms with van der Waals surface area (Å²) >= 11 is 1.94. The summed E-state index contributed by atoms with van der Waals surface area (Å²) in [5.74, 6) is 3.63. The molecule has 2 saturated heterocycles. The van der Waals surface area contributed by atoms with Gasteiger partial charge in [0, 0.05) is 24.7 Å². The summed E-state index contributed by atoms with van der Waals surface area (Å²) in [7, 11) is 0. The van der Waals surface area contributed by atoms with Crippen molar-refractivity contribution in [3.8, 4) is 0 Å². The van der Waals surface area contributed by atoms with Crippen LogP contribution in [-0.4, -0.2) is 62.3 Å². The van der Waals surface area contributed by atoms with E-state index in [0.717, 1.165) is 49.8 Å². The topological polar surface area (TPSA) is 43.5 Å². The number of hydrogen-bond acceptors (Lipinski definition) is 5. The van der Waals surface area contributed by atoms with E-state index in [1.54, 1.807) is 0 Å². The van der Waals surface area contributed by atoms with E-state index in [1.807, 2.05) is 11.8 Å². The summed E-state index contributed by atoms with van der Waals surface area (Å²) in [5, 5.41) is 0. The number of fused-ring (bicyclic) bond motifs is 2. The number of epoxide rings is 2. The SMILES string of the molecule is C(CSCCOCC1CCC2OC2C1)OCC1CCC2OC2C1. The maximum atomic E-state index is 5.83. The average molecular weight is 343 g/mol. The highest BCUT2D eigenvalue weighted by Crippen LogP contribution is 2.40. The first-order chi connectivity index (χ1) is 11.4. The molecule has 4 nitrogen and oxygen atoms in total. The van der Waals surface area contributed by atoms with Gasteiger partial charge in [0.1, 0.15) is 0 Å². The number of ether oxygens (including phenoxy) is 4. The lowest BCUT2D eigenvalue weighted by atomic mass is 9.90. The van der Waals surface area contributed by atoms with Crippen molar-refractivity contribution in [2.45, 2.75) is 62.9 Å². The van der Waals surface area contributed by atoms with Gasteiger partial charge in [-0.05, 0) is 50.4 Å². The quantitative estimate of drug-likeness (QED) is 0.451. The van der Waals surface area contributed by atoms with Crippen LogP contribution in [0.4, 0.5) is 0 Å². The third kappa shape index (κ3) is 5.08. The van der Waals surface area contributed by atoms with Crippen molar-refractivity contribution >= 4 is 11.8 Å². The van der Waals surface area contributed by atoms with Crippen LogP contribution in [-0.2, 0) is 18.9 Å². The van der Waals surface area contributed by atoms with Crippen LogP contribution in [0, 0.1) is 11.8 Å². The Morgan fingerprint density at radius 3 is 1.70 bits per heavy atom. The highest BCUT2D eigenvalue weighted by Gasteiger charge is 2.44. The zero-order valence-electron chi connectivity index (χ0n) is 14.0. The summed E-state index contributed by atoms with van der Waals surface area (Å²) in [5.41, 5.74) is 0. The molecule has 2 saturated carbocycles. The Bertz CT molecular complexity index is 346. The molecule has 0 spiro atoms. The van der Waals surface area contributed by atoms with Crippen molar-refractivity contribution in [2.24, 2.45) is 11.8 Å². The molecule has 4 rings (SSSR count). The minimum absolute atomic E-state index is 0.574. The monoisotopic (exact) mass is 342 g/mol. The Hall–Kier alpha value is 0.190. The van der Waals surface area contributed by atoms with Crippen LogP contribution in [0.25, 0.3) is 0 Å². The molecule has 0 N–H and O–H groups in total. The van der Waals surface area contributed by atoms with Gasteiger partial charge >= 0.3 is 0 Å². The van der Waals surface area contributed by atoms with Gasteiger partial charge in [0.05, 0.1) is 37.6 Å². The molecule has 0 amide bonds. The Morgan fingerprint density at radius 2 is 1.22 bits per heavy atom. The fraction of sp³-hybridized carbons (Fsp3) is 1.00. The lowest BCUT2D eigenvalue weighted by Gasteiger charge is -2.19. The third-order valence-electron chi connectivity index (χ3n) is 5.68. The van der Waals surface area contributed by atoms with E-state index < -0.39 is 0 Å². The normalized spacial score (nSPS) is 41.2. The molecule has 6 unspecified atom stereocenters. The Morgan fingerprint density at radius 1 is 0.696 bits per heavy atom. The van der Waals surface area contributed by atoms with Crippen LogP contribution < -0.4 is 0 Å². The Labute approximate surface area is 143 Å². The molecule has 0 aromatic carbocycles. The van der Waals surface area contributed by atoms with E-state index in [1.165, 1.54) is 38.5 Å². The first kappa shape index (κ1) is 16.6. The lowest BCUT2D eigenvalue weighted by Crippen LogP contribution is -2.19. The molecular weight excluding hydrogens is 312 g/mol. The highest BCUT2D eigenvalue weighted by molar-refractivity contribution is 7.99. The minimum Gasteiger partial charge on any atom is -0.380 e. The number of thioether (sulfide) groups is 1. The maximum Gasteiger partial charge on any atom is 0.0845 e. The van der Waals surface area contributed by atoms with Crippen LogP contribution in [0.5, 0.6) is 0 Å². The summed E-state index contributed by atoms with van der Waals surface area (Å²) in [6, 6.07) is 0. The fourth-order valence-electron chi connectivity index (χ4n) is 4.11. The molecule has 5 heteroatoms. The smallest absolute Gasteiger partial charge is 0.0845 e. The summed E-state index contributed by atoms with van der Waals surface area (Å²) in [4.78, 5) is 0. The number of rotatable bonds is 10. The molecular formula is C18H30O4S. The van der Waals surface area contributed by atoms with Crippen LogP contribution in [0.2, 0.25) is 0 Å². The van der Waals surface area contributed by atoms with Gasteiger partial charge in [0.2, 0.25) is 0 Å². The van der Waals surface area contributed by atoms with E-state index in [9.17, 15) is 0 Å². The van der Waals surface area contributed by atoms with E-state index >= 15 is 0 Å². The molecule has 0 aromatic heterocycles. The predicted octanol–water partition coefficient (Wildman–Crippen LogP) is 2.89. The van der Waals surface area contributed by atoms with Crippen LogP contribution >= 0.6 is 11.8 Å². The van der Waals surface area contributed by atoms with Crippen LogP contribution in [0.1, 0.15) is 38.5 Å². The van der Waals surface area contributed by atoms with Gasteiger partial charge in [0.25, 0.3) is 0 Å². The lowest BCUT2D eigenvalue weighted by molar-refractivity contribution is 0.0977. The molecule has 4 aliphatic rings. The summed E-state index contributed by atoms with van der Waals surface area (Å²) in [6.45, 7) is 3.60. The van der Waals surface area contributed by atoms with Crippen LogP contribution in [0.15, 0.2) is 0 Å². The zero-order valence-corrected chi connectivity index (χ0v) is 14.8. The van der Waals surface area contributed by atoms with Crippen LogP contribution in [0.3, 0.4) is 0 Å². The summed E-state index contributed by atoms with van der Waals surface area (Å²) in [6.07, 6.45) is 9.88. The predicted molar refractivity (Wildman–Crippen MR) is 91.0 cm³/mol. The van der Waals surface area contributed by atoms with E-state index in [4.69, 9.17) is 18.9 Å². The van der Waals surface area contributed by atoms with Gasteiger partial charge < -0.3 is 18.9 Å². The molecule has 23 heavy (non-hydrogen) atoms. The molecule has 132 valence electrons. The third-order valence-corrected chi connectivity index (χ3v) is 6.59. The van der Waals surface area contributed by atoms with Crippen molar-refractivity contribution in [3.05, 3.63) is 0 Å². The van der Waals surface area contributed by atoms with Crippen molar-refractivity contribution in [1.82, 2.24) is 0 Å². The van der Waals surface area contributed by atoms with Crippen molar-refractivity contribution in [3.63, 3.8) is 0 Å². The van der Waals surface area contributed by atoms with Gasteiger partial charge in [-0.1, -0.05) is 0 Å². The summed E-state index contributed by atoms with van der Waals surface area (Å²) < 4.78 is 22.8. The van der Waals surface area contributed by atoms with Crippen molar-refractivity contribution < 1.29 is 18.9 Å². The molecule has 2 heterocycles. The highest BCUT2D eigenvalue weighted by atomic mass is 32.2. The minimum atomic E-state index is 0.574. The van der Waals surface area contributed by atoms with E-state index in [2.05, 4.69) is 0 Å². The van der Waals surface area contributed by atoms with Gasteiger partial charge in [-0.3, -0.25) is 0 Å². The molecule has 0 aromatic rings. The molecule has 0 radical (unpaired) electrons. The standard InChI is InChI=1S/C18H30O4S/c1-3-15-17(21-15)9-13(1)11-19-5-7-23-8-6-20-12-14-2-4-16-18(10-14)22-16/h13-18H,1-12H2. The molecule has 6 atom stereocenters. The molecule has 4 fully saturated rings. The van der Waals surface area contributed by atoms with Gasteiger partial charge in [-0.15, -0.1) is 0 Å². The second-order valence-electron chi connectivity index (χ2n) is 7.55. The molecule has 0 bridgehead atoms. The van der Waals surface area contributed by atoms with Gasteiger partial charge in [-0.2, -0.15) is 11.8 Å². The van der Waals surface area contributed by atoms with E-state index in [-0.39, 0.29) is 0 Å². The average Bonchev–Trinajstić information content (AvgIpc) is 3.46. The van der Waals surface area contributed by atoms with E-state index in [0.29, 0.717) is 24.4 Å². The Balaban J connectivity index is 0.928. The maximum absolute atomic E-state index is 5.83. The Kier molecular flexibility index (Phi) is 5.82. The fourth-order valence-corrected chi connectivity index (χ4v) is 4.79. The first-order valence-corrected chi connectivity index (χ1v) is 10.6. The zero-order chi connectivity index (χ0) is 15.5. The largest absolute Gasteiger partial charge is 0.380 e. The first-order valence-electron chi connectivity index (χ1n) is 9.42. The molecule has 2 aliphatic heterocycles.